The number of nitrogens with one attached hydrogen (secondary N) is 1. The third-order valence-electron chi connectivity index (χ3n) is 3.58. The average Bonchev–Trinajstić information content (AvgIpc) is 3.08. The number of hydrogen-bond donors (Lipinski definition) is 2. The van der Waals surface area contributed by atoms with Gasteiger partial charge in [-0.2, -0.15) is 0 Å². The first-order valence-corrected chi connectivity index (χ1v) is 6.82. The molecule has 1 saturated carbocycles. The number of nitrogens with two attached hydrogens (primary N) is 1. The normalized spacial score (nSPS) is 19.3. The summed E-state index contributed by atoms with van der Waals surface area (Å²) >= 11 is 0. The van der Waals surface area contributed by atoms with Crippen molar-refractivity contribution in [3.8, 4) is 0 Å². The molecule has 0 heterocycles. The van der Waals surface area contributed by atoms with Crippen LogP contribution >= 0.6 is 0 Å². The monoisotopic (exact) mass is 241 g/mol. The first kappa shape index (κ1) is 14.5. The van der Waals surface area contributed by atoms with E-state index in [0.717, 1.165) is 32.1 Å². The summed E-state index contributed by atoms with van der Waals surface area (Å²) in [7, 11) is 0. The molecule has 0 radical (unpaired) electrons. The lowest BCUT2D eigenvalue weighted by atomic mass is 9.96. The van der Waals surface area contributed by atoms with Crippen LogP contribution in [0.15, 0.2) is 0 Å². The number of primary amides is 1. The number of amides is 1. The molecule has 1 aliphatic carbocycles. The number of nitrogens with zero attached hydrogens (tertiary/aromatic N) is 1. The lowest BCUT2D eigenvalue weighted by Gasteiger charge is -2.30. The summed E-state index contributed by atoms with van der Waals surface area (Å²) < 4.78 is 0. The molecule has 3 N–H and O–H groups in total. The molecule has 0 aromatic rings. The Balaban J connectivity index is 2.46. The molecule has 4 heteroatoms. The average molecular weight is 241 g/mol. The predicted octanol–water partition coefficient (Wildman–Crippen LogP) is 1.10. The first-order valence-electron chi connectivity index (χ1n) is 6.82. The van der Waals surface area contributed by atoms with Crippen molar-refractivity contribution in [1.82, 2.24) is 10.2 Å². The summed E-state index contributed by atoms with van der Waals surface area (Å²) in [6.07, 6.45) is 4.60. The van der Waals surface area contributed by atoms with Crippen molar-refractivity contribution >= 4 is 5.91 Å². The van der Waals surface area contributed by atoms with Crippen LogP contribution in [-0.4, -0.2) is 42.0 Å². The van der Waals surface area contributed by atoms with E-state index in [-0.39, 0.29) is 5.91 Å². The summed E-state index contributed by atoms with van der Waals surface area (Å²) in [5.41, 5.74) is 4.93. The maximum Gasteiger partial charge on any atom is 0.237 e. The molecule has 0 aromatic carbocycles. The molecule has 0 aliphatic heterocycles. The van der Waals surface area contributed by atoms with Gasteiger partial charge in [0.15, 0.2) is 0 Å². The highest BCUT2D eigenvalue weighted by Crippen LogP contribution is 2.27. The molecule has 1 amide bonds. The molecule has 4 nitrogen and oxygen atoms in total. The highest BCUT2D eigenvalue weighted by Gasteiger charge is 2.33. The molecule has 1 aliphatic rings. The topological polar surface area (TPSA) is 58.4 Å². The van der Waals surface area contributed by atoms with Crippen molar-refractivity contribution in [3.05, 3.63) is 0 Å². The Morgan fingerprint density at radius 3 is 2.47 bits per heavy atom. The second-order valence-electron chi connectivity index (χ2n) is 5.24. The second kappa shape index (κ2) is 6.36. The van der Waals surface area contributed by atoms with Crippen molar-refractivity contribution < 1.29 is 4.79 Å². The summed E-state index contributed by atoms with van der Waals surface area (Å²) in [4.78, 5) is 14.0. The molecule has 1 atom stereocenters. The SMILES string of the molecule is CCCN(CCC(C)(NCC)C(N)=O)C1CC1. The zero-order valence-corrected chi connectivity index (χ0v) is 11.5. The van der Waals surface area contributed by atoms with Crippen molar-refractivity contribution in [2.45, 2.75) is 58.0 Å². The van der Waals surface area contributed by atoms with E-state index in [0.29, 0.717) is 0 Å². The Morgan fingerprint density at radius 2 is 2.06 bits per heavy atom. The maximum absolute atomic E-state index is 11.5. The van der Waals surface area contributed by atoms with Crippen LogP contribution in [0.1, 0.15) is 46.5 Å². The van der Waals surface area contributed by atoms with Gasteiger partial charge in [0.25, 0.3) is 0 Å². The van der Waals surface area contributed by atoms with E-state index in [2.05, 4.69) is 17.1 Å². The van der Waals surface area contributed by atoms with E-state index in [4.69, 9.17) is 5.73 Å². The molecule has 1 unspecified atom stereocenters. The molecule has 0 saturated heterocycles. The Kier molecular flexibility index (Phi) is 5.40. The number of likely N-dealkylation sites (N-methyl/N-ethyl adjacent to an activating group) is 1. The van der Waals surface area contributed by atoms with Gasteiger partial charge in [0.2, 0.25) is 5.91 Å². The third kappa shape index (κ3) is 4.28. The van der Waals surface area contributed by atoms with Gasteiger partial charge in [0.05, 0.1) is 5.54 Å². The number of rotatable bonds is 9. The van der Waals surface area contributed by atoms with Crippen LogP contribution in [0.25, 0.3) is 0 Å². The van der Waals surface area contributed by atoms with Crippen LogP contribution in [0.2, 0.25) is 0 Å². The smallest absolute Gasteiger partial charge is 0.237 e. The van der Waals surface area contributed by atoms with Crippen molar-refractivity contribution in [3.63, 3.8) is 0 Å². The van der Waals surface area contributed by atoms with E-state index in [1.165, 1.54) is 19.3 Å². The summed E-state index contributed by atoms with van der Waals surface area (Å²) in [5.74, 6) is -0.244. The largest absolute Gasteiger partial charge is 0.368 e. The van der Waals surface area contributed by atoms with Crippen LogP contribution in [0.5, 0.6) is 0 Å². The van der Waals surface area contributed by atoms with Gasteiger partial charge >= 0.3 is 0 Å². The summed E-state index contributed by atoms with van der Waals surface area (Å²) in [6, 6.07) is 0.758. The minimum absolute atomic E-state index is 0.244. The predicted molar refractivity (Wildman–Crippen MR) is 70.8 cm³/mol. The minimum atomic E-state index is -0.560. The van der Waals surface area contributed by atoms with Gasteiger partial charge in [-0.05, 0) is 45.7 Å². The Morgan fingerprint density at radius 1 is 1.41 bits per heavy atom. The maximum atomic E-state index is 11.5. The van der Waals surface area contributed by atoms with E-state index >= 15 is 0 Å². The summed E-state index contributed by atoms with van der Waals surface area (Å²) in [5, 5.41) is 3.21. The second-order valence-corrected chi connectivity index (χ2v) is 5.24. The lowest BCUT2D eigenvalue weighted by Crippen LogP contribution is -2.54. The molecule has 0 bridgehead atoms. The van der Waals surface area contributed by atoms with Crippen LogP contribution in [0.3, 0.4) is 0 Å². The van der Waals surface area contributed by atoms with Gasteiger partial charge in [-0.15, -0.1) is 0 Å². The molecule has 100 valence electrons. The fraction of sp³-hybridized carbons (Fsp3) is 0.923. The van der Waals surface area contributed by atoms with E-state index in [1.54, 1.807) is 0 Å². The minimum Gasteiger partial charge on any atom is -0.368 e. The van der Waals surface area contributed by atoms with Crippen LogP contribution < -0.4 is 11.1 Å². The van der Waals surface area contributed by atoms with Gasteiger partial charge < -0.3 is 16.0 Å². The standard InChI is InChI=1S/C13H27N3O/c1-4-9-16(11-6-7-11)10-8-13(3,12(14)17)15-5-2/h11,15H,4-10H2,1-3H3,(H2,14,17). The zero-order valence-electron chi connectivity index (χ0n) is 11.5. The van der Waals surface area contributed by atoms with E-state index < -0.39 is 5.54 Å². The number of carbonyl (C=O) groups is 1. The molecule has 17 heavy (non-hydrogen) atoms. The molecule has 1 fully saturated rings. The molecule has 0 spiro atoms. The van der Waals surface area contributed by atoms with Gasteiger partial charge in [-0.3, -0.25) is 4.79 Å². The van der Waals surface area contributed by atoms with Crippen molar-refractivity contribution in [2.24, 2.45) is 5.73 Å². The Labute approximate surface area is 105 Å². The fourth-order valence-electron chi connectivity index (χ4n) is 2.26. The van der Waals surface area contributed by atoms with Crippen LogP contribution in [0, 0.1) is 0 Å². The van der Waals surface area contributed by atoms with Gasteiger partial charge in [-0.25, -0.2) is 0 Å². The first-order chi connectivity index (χ1) is 8.03. The Bertz CT molecular complexity index is 253. The molecule has 1 rings (SSSR count). The van der Waals surface area contributed by atoms with Crippen LogP contribution in [0.4, 0.5) is 0 Å². The number of hydrogen-bond acceptors (Lipinski definition) is 3. The number of carbonyl (C=O) groups excluding carboxylic acids is 1. The third-order valence-corrected chi connectivity index (χ3v) is 3.58. The summed E-state index contributed by atoms with van der Waals surface area (Å²) in [6.45, 7) is 8.99. The quantitative estimate of drug-likeness (QED) is 0.635. The van der Waals surface area contributed by atoms with Gasteiger partial charge in [0.1, 0.15) is 0 Å². The Hall–Kier alpha value is -0.610. The highest BCUT2D eigenvalue weighted by atomic mass is 16.1. The van der Waals surface area contributed by atoms with Crippen molar-refractivity contribution in [2.75, 3.05) is 19.6 Å². The van der Waals surface area contributed by atoms with E-state index in [1.807, 2.05) is 13.8 Å². The fourth-order valence-corrected chi connectivity index (χ4v) is 2.26. The zero-order chi connectivity index (χ0) is 12.9. The highest BCUT2D eigenvalue weighted by molar-refractivity contribution is 5.84. The van der Waals surface area contributed by atoms with E-state index in [9.17, 15) is 4.79 Å². The molecule has 0 aromatic heterocycles. The molecular formula is C13H27N3O. The lowest BCUT2D eigenvalue weighted by molar-refractivity contribution is -0.124. The van der Waals surface area contributed by atoms with Gasteiger partial charge in [-0.1, -0.05) is 13.8 Å². The van der Waals surface area contributed by atoms with Crippen LogP contribution in [-0.2, 0) is 4.79 Å². The van der Waals surface area contributed by atoms with Crippen molar-refractivity contribution in [1.29, 1.82) is 0 Å². The molecular weight excluding hydrogens is 214 g/mol. The van der Waals surface area contributed by atoms with Gasteiger partial charge in [0, 0.05) is 12.6 Å².